The molecular formula is C19H28N2. The molecule has 1 saturated carbocycles. The van der Waals surface area contributed by atoms with E-state index in [1.807, 2.05) is 0 Å². The van der Waals surface area contributed by atoms with E-state index in [9.17, 15) is 0 Å². The maximum absolute atomic E-state index is 3.92. The Morgan fingerprint density at radius 2 is 1.71 bits per heavy atom. The van der Waals surface area contributed by atoms with Crippen LogP contribution in [0.15, 0.2) is 24.3 Å². The summed E-state index contributed by atoms with van der Waals surface area (Å²) in [5, 5.41) is 3.92. The van der Waals surface area contributed by atoms with E-state index in [-0.39, 0.29) is 0 Å². The van der Waals surface area contributed by atoms with Crippen LogP contribution in [0.3, 0.4) is 0 Å². The summed E-state index contributed by atoms with van der Waals surface area (Å²) in [4.78, 5) is 2.84. The predicted molar refractivity (Wildman–Crippen MR) is 87.6 cm³/mol. The molecule has 2 nitrogen and oxygen atoms in total. The summed E-state index contributed by atoms with van der Waals surface area (Å²) >= 11 is 0. The fraction of sp³-hybridized carbons (Fsp3) is 0.684. The minimum atomic E-state index is 0.430. The zero-order valence-corrected chi connectivity index (χ0v) is 13.3. The van der Waals surface area contributed by atoms with Gasteiger partial charge in [0.25, 0.3) is 0 Å². The third kappa shape index (κ3) is 2.53. The molecule has 1 unspecified atom stereocenters. The van der Waals surface area contributed by atoms with Crippen molar-refractivity contribution in [1.82, 2.24) is 10.2 Å². The number of nitrogens with one attached hydrogen (secondary N) is 1. The summed E-state index contributed by atoms with van der Waals surface area (Å²) in [6.45, 7) is 4.85. The molecule has 0 bridgehead atoms. The molecule has 1 heterocycles. The predicted octanol–water partition coefficient (Wildman–Crippen LogP) is 3.15. The molecule has 1 saturated heterocycles. The third-order valence-electron chi connectivity index (χ3n) is 6.13. The highest BCUT2D eigenvalue weighted by atomic mass is 15.3. The van der Waals surface area contributed by atoms with Gasteiger partial charge < -0.3 is 5.32 Å². The van der Waals surface area contributed by atoms with Gasteiger partial charge in [-0.1, -0.05) is 43.5 Å². The van der Waals surface area contributed by atoms with Crippen molar-refractivity contribution in [1.29, 1.82) is 0 Å². The van der Waals surface area contributed by atoms with Gasteiger partial charge in [-0.2, -0.15) is 0 Å². The second kappa shape index (κ2) is 5.40. The van der Waals surface area contributed by atoms with E-state index in [1.165, 1.54) is 58.0 Å². The van der Waals surface area contributed by atoms with Gasteiger partial charge in [-0.15, -0.1) is 0 Å². The van der Waals surface area contributed by atoms with Gasteiger partial charge >= 0.3 is 0 Å². The lowest BCUT2D eigenvalue weighted by Gasteiger charge is -2.51. The van der Waals surface area contributed by atoms with Crippen molar-refractivity contribution in [3.63, 3.8) is 0 Å². The molecule has 1 atom stereocenters. The van der Waals surface area contributed by atoms with Crippen molar-refractivity contribution in [2.45, 2.75) is 69.5 Å². The van der Waals surface area contributed by atoms with Crippen LogP contribution >= 0.6 is 0 Å². The van der Waals surface area contributed by atoms with E-state index in [4.69, 9.17) is 0 Å². The summed E-state index contributed by atoms with van der Waals surface area (Å²) in [5.41, 5.74) is 3.61. The average molecular weight is 284 g/mol. The van der Waals surface area contributed by atoms with Crippen LogP contribution in [0.25, 0.3) is 0 Å². The lowest BCUT2D eigenvalue weighted by molar-refractivity contribution is 0.0336. The standard InChI is InChI=1S/C19H28N2/c1-15-13-20-19(9-5-2-6-10-19)14-21(15)18-11-16-7-3-4-8-17(16)12-18/h3-4,7-8,15,18,20H,2,5-6,9-14H2,1H3. The molecule has 0 amide bonds. The van der Waals surface area contributed by atoms with E-state index in [0.29, 0.717) is 11.6 Å². The van der Waals surface area contributed by atoms with Gasteiger partial charge in [0.05, 0.1) is 0 Å². The van der Waals surface area contributed by atoms with Crippen LogP contribution in [0.2, 0.25) is 0 Å². The summed E-state index contributed by atoms with van der Waals surface area (Å²) in [5.74, 6) is 0. The first-order valence-electron chi connectivity index (χ1n) is 8.83. The maximum atomic E-state index is 3.92. The summed E-state index contributed by atoms with van der Waals surface area (Å²) in [7, 11) is 0. The number of piperazine rings is 1. The number of fused-ring (bicyclic) bond motifs is 1. The topological polar surface area (TPSA) is 15.3 Å². The molecule has 2 heteroatoms. The highest BCUT2D eigenvalue weighted by Crippen LogP contribution is 2.35. The van der Waals surface area contributed by atoms with E-state index < -0.39 is 0 Å². The molecule has 4 rings (SSSR count). The first-order chi connectivity index (χ1) is 10.3. The van der Waals surface area contributed by atoms with Crippen molar-refractivity contribution < 1.29 is 0 Å². The first-order valence-corrected chi connectivity index (χ1v) is 8.83. The number of rotatable bonds is 1. The molecule has 1 spiro atoms. The van der Waals surface area contributed by atoms with Gasteiger partial charge in [-0.3, -0.25) is 4.90 Å². The van der Waals surface area contributed by atoms with Gasteiger partial charge in [0, 0.05) is 30.7 Å². The number of nitrogens with zero attached hydrogens (tertiary/aromatic N) is 1. The molecule has 1 aliphatic heterocycles. The molecule has 1 aromatic carbocycles. The molecule has 0 aromatic heterocycles. The van der Waals surface area contributed by atoms with Gasteiger partial charge in [-0.05, 0) is 43.7 Å². The zero-order valence-electron chi connectivity index (χ0n) is 13.3. The molecule has 21 heavy (non-hydrogen) atoms. The first kappa shape index (κ1) is 13.8. The van der Waals surface area contributed by atoms with Crippen LogP contribution in [0.4, 0.5) is 0 Å². The SMILES string of the molecule is CC1CNC2(CCCCC2)CN1C1Cc2ccccc2C1. The van der Waals surface area contributed by atoms with E-state index >= 15 is 0 Å². The van der Waals surface area contributed by atoms with Crippen LogP contribution in [0.5, 0.6) is 0 Å². The molecule has 2 fully saturated rings. The Morgan fingerprint density at radius 1 is 1.05 bits per heavy atom. The Morgan fingerprint density at radius 3 is 2.38 bits per heavy atom. The highest BCUT2D eigenvalue weighted by molar-refractivity contribution is 5.33. The van der Waals surface area contributed by atoms with E-state index in [0.717, 1.165) is 6.04 Å². The van der Waals surface area contributed by atoms with Crippen LogP contribution in [0.1, 0.15) is 50.2 Å². The Labute approximate surface area is 128 Å². The number of hydrogen-bond donors (Lipinski definition) is 1. The zero-order chi connectivity index (χ0) is 14.3. The van der Waals surface area contributed by atoms with E-state index in [1.54, 1.807) is 11.1 Å². The van der Waals surface area contributed by atoms with Crippen LogP contribution in [-0.4, -0.2) is 35.6 Å². The Bertz CT molecular complexity index is 479. The normalized spacial score (nSPS) is 29.7. The van der Waals surface area contributed by atoms with E-state index in [2.05, 4.69) is 41.4 Å². The van der Waals surface area contributed by atoms with Gasteiger partial charge in [0.1, 0.15) is 0 Å². The molecule has 1 N–H and O–H groups in total. The molecule has 1 aromatic rings. The monoisotopic (exact) mass is 284 g/mol. The number of hydrogen-bond acceptors (Lipinski definition) is 2. The minimum Gasteiger partial charge on any atom is -0.308 e. The Balaban J connectivity index is 1.51. The highest BCUT2D eigenvalue weighted by Gasteiger charge is 2.41. The maximum Gasteiger partial charge on any atom is 0.0309 e. The Kier molecular flexibility index (Phi) is 3.55. The van der Waals surface area contributed by atoms with Gasteiger partial charge in [0.2, 0.25) is 0 Å². The van der Waals surface area contributed by atoms with Crippen LogP contribution in [-0.2, 0) is 12.8 Å². The quantitative estimate of drug-likeness (QED) is 0.852. The van der Waals surface area contributed by atoms with Crippen LogP contribution < -0.4 is 5.32 Å². The molecule has 2 aliphatic carbocycles. The summed E-state index contributed by atoms with van der Waals surface area (Å²) in [6, 6.07) is 10.5. The lowest BCUT2D eigenvalue weighted by atomic mass is 9.79. The fourth-order valence-electron chi connectivity index (χ4n) is 4.87. The van der Waals surface area contributed by atoms with Crippen molar-refractivity contribution >= 4 is 0 Å². The van der Waals surface area contributed by atoms with Crippen molar-refractivity contribution in [3.8, 4) is 0 Å². The lowest BCUT2D eigenvalue weighted by Crippen LogP contribution is -2.66. The fourth-order valence-corrected chi connectivity index (χ4v) is 4.87. The average Bonchev–Trinajstić information content (AvgIpc) is 2.95. The molecule has 114 valence electrons. The molecule has 3 aliphatic rings. The van der Waals surface area contributed by atoms with Crippen molar-refractivity contribution in [2.75, 3.05) is 13.1 Å². The summed E-state index contributed by atoms with van der Waals surface area (Å²) < 4.78 is 0. The van der Waals surface area contributed by atoms with Gasteiger partial charge in [-0.25, -0.2) is 0 Å². The van der Waals surface area contributed by atoms with Crippen molar-refractivity contribution in [3.05, 3.63) is 35.4 Å². The molecule has 0 radical (unpaired) electrons. The second-order valence-electron chi connectivity index (χ2n) is 7.57. The van der Waals surface area contributed by atoms with Gasteiger partial charge in [0.15, 0.2) is 0 Å². The third-order valence-corrected chi connectivity index (χ3v) is 6.13. The minimum absolute atomic E-state index is 0.430. The smallest absolute Gasteiger partial charge is 0.0309 e. The van der Waals surface area contributed by atoms with Crippen LogP contribution in [0, 0.1) is 0 Å². The van der Waals surface area contributed by atoms with Crippen molar-refractivity contribution in [2.24, 2.45) is 0 Å². The molecular weight excluding hydrogens is 256 g/mol. The largest absolute Gasteiger partial charge is 0.308 e. The second-order valence-corrected chi connectivity index (χ2v) is 7.57. The Hall–Kier alpha value is -0.860. The number of benzene rings is 1. The summed E-state index contributed by atoms with van der Waals surface area (Å²) in [6.07, 6.45) is 9.56.